The third kappa shape index (κ3) is 4.99. The van der Waals surface area contributed by atoms with Crippen molar-refractivity contribution in [2.24, 2.45) is 4.99 Å². The van der Waals surface area contributed by atoms with Gasteiger partial charge in [-0.2, -0.15) is 0 Å². The summed E-state index contributed by atoms with van der Waals surface area (Å²) in [5, 5.41) is 1.55. The molecule has 22 heavy (non-hydrogen) atoms. The molecule has 0 unspecified atom stereocenters. The minimum absolute atomic E-state index is 0.0798. The average molecular weight is 330 g/mol. The van der Waals surface area contributed by atoms with Crippen LogP contribution in [0.4, 0.5) is 9.59 Å². The van der Waals surface area contributed by atoms with Gasteiger partial charge in [0, 0.05) is 5.38 Å². The Morgan fingerprint density at radius 3 is 2.32 bits per heavy atom. The van der Waals surface area contributed by atoms with Gasteiger partial charge in [-0.1, -0.05) is 0 Å². The number of rotatable bonds is 5. The standard InChI is InChI=1S/C13H18N2O6S/c1-4-19-10(16)7-9-8-22-11(14-12(17)20-5-2)15(9)13(18)21-6-3/h8H,4-7H2,1-3H3. The topological polar surface area (TPSA) is 96.2 Å². The van der Waals surface area contributed by atoms with Gasteiger partial charge < -0.3 is 14.2 Å². The number of carbonyl (C=O) groups is 3. The Morgan fingerprint density at radius 2 is 1.73 bits per heavy atom. The molecule has 0 radical (unpaired) electrons. The van der Waals surface area contributed by atoms with Gasteiger partial charge >= 0.3 is 18.2 Å². The molecule has 0 aliphatic heterocycles. The minimum Gasteiger partial charge on any atom is -0.466 e. The molecule has 9 heteroatoms. The van der Waals surface area contributed by atoms with Crippen LogP contribution >= 0.6 is 11.3 Å². The first kappa shape index (κ1) is 17.9. The third-order valence-electron chi connectivity index (χ3n) is 2.31. The van der Waals surface area contributed by atoms with Crippen molar-refractivity contribution in [3.05, 3.63) is 15.9 Å². The zero-order valence-corrected chi connectivity index (χ0v) is 13.5. The summed E-state index contributed by atoms with van der Waals surface area (Å²) in [5.74, 6) is -0.485. The molecule has 0 saturated carbocycles. The lowest BCUT2D eigenvalue weighted by Crippen LogP contribution is -2.28. The highest BCUT2D eigenvalue weighted by Gasteiger charge is 2.18. The Kier molecular flexibility index (Phi) is 7.30. The number of aromatic nitrogens is 1. The van der Waals surface area contributed by atoms with E-state index in [0.717, 1.165) is 15.9 Å². The molecule has 1 amide bonds. The first-order chi connectivity index (χ1) is 10.5. The fourth-order valence-corrected chi connectivity index (χ4v) is 2.38. The number of hydrogen-bond donors (Lipinski definition) is 0. The maximum atomic E-state index is 12.0. The predicted octanol–water partition coefficient (Wildman–Crippen LogP) is 1.72. The van der Waals surface area contributed by atoms with E-state index in [-0.39, 0.29) is 31.0 Å². The van der Waals surface area contributed by atoms with Gasteiger partial charge in [0.1, 0.15) is 0 Å². The smallest absolute Gasteiger partial charge is 0.436 e. The van der Waals surface area contributed by atoms with Crippen molar-refractivity contribution >= 4 is 29.5 Å². The highest BCUT2D eigenvalue weighted by atomic mass is 32.1. The summed E-state index contributed by atoms with van der Waals surface area (Å²) < 4.78 is 15.5. The first-order valence-electron chi connectivity index (χ1n) is 6.77. The van der Waals surface area contributed by atoms with Gasteiger partial charge in [0.15, 0.2) is 0 Å². The summed E-state index contributed by atoms with van der Waals surface area (Å²) in [6.07, 6.45) is -1.65. The summed E-state index contributed by atoms with van der Waals surface area (Å²) >= 11 is 1.03. The van der Waals surface area contributed by atoms with Crippen LogP contribution in [-0.4, -0.2) is 42.5 Å². The second-order valence-electron chi connectivity index (χ2n) is 3.84. The van der Waals surface area contributed by atoms with Gasteiger partial charge in [0.2, 0.25) is 4.80 Å². The molecule has 0 aliphatic carbocycles. The molecule has 0 spiro atoms. The summed E-state index contributed by atoms with van der Waals surface area (Å²) in [6.45, 7) is 5.54. The quantitative estimate of drug-likeness (QED) is 0.602. The van der Waals surface area contributed by atoms with Gasteiger partial charge in [-0.25, -0.2) is 14.2 Å². The van der Waals surface area contributed by atoms with Crippen molar-refractivity contribution in [1.82, 2.24) is 4.57 Å². The fraction of sp³-hybridized carbons (Fsp3) is 0.538. The van der Waals surface area contributed by atoms with Crippen LogP contribution in [0.1, 0.15) is 26.5 Å². The monoisotopic (exact) mass is 330 g/mol. The summed E-state index contributed by atoms with van der Waals surface area (Å²) in [6, 6.07) is 0. The van der Waals surface area contributed by atoms with Crippen molar-refractivity contribution in [3.8, 4) is 0 Å². The van der Waals surface area contributed by atoms with Crippen molar-refractivity contribution in [1.29, 1.82) is 0 Å². The maximum Gasteiger partial charge on any atom is 0.436 e. The van der Waals surface area contributed by atoms with E-state index in [0.29, 0.717) is 5.69 Å². The Bertz CT molecular complexity index is 604. The minimum atomic E-state index is -0.815. The molecule has 0 bridgehead atoms. The normalized spacial score (nSPS) is 11.1. The van der Waals surface area contributed by atoms with E-state index >= 15 is 0 Å². The third-order valence-corrected chi connectivity index (χ3v) is 3.19. The number of ether oxygens (including phenoxy) is 3. The van der Waals surface area contributed by atoms with Crippen LogP contribution in [0.2, 0.25) is 0 Å². The van der Waals surface area contributed by atoms with E-state index in [2.05, 4.69) is 4.99 Å². The highest BCUT2D eigenvalue weighted by Crippen LogP contribution is 2.06. The molecule has 1 aromatic heterocycles. The van der Waals surface area contributed by atoms with Crippen molar-refractivity contribution in [3.63, 3.8) is 0 Å². The first-order valence-corrected chi connectivity index (χ1v) is 7.65. The van der Waals surface area contributed by atoms with Crippen LogP contribution < -0.4 is 4.80 Å². The van der Waals surface area contributed by atoms with Crippen molar-refractivity contribution in [2.45, 2.75) is 27.2 Å². The molecular formula is C13H18N2O6S. The molecule has 1 rings (SSSR count). The summed E-state index contributed by atoms with van der Waals surface area (Å²) in [4.78, 5) is 38.8. The molecule has 1 heterocycles. The lowest BCUT2D eigenvalue weighted by Gasteiger charge is -2.07. The van der Waals surface area contributed by atoms with Crippen LogP contribution in [0.3, 0.4) is 0 Å². The predicted molar refractivity (Wildman–Crippen MR) is 77.7 cm³/mol. The summed E-state index contributed by atoms with van der Waals surface area (Å²) in [5.41, 5.74) is 0.338. The summed E-state index contributed by atoms with van der Waals surface area (Å²) in [7, 11) is 0. The van der Waals surface area contributed by atoms with E-state index in [9.17, 15) is 14.4 Å². The van der Waals surface area contributed by atoms with Crippen LogP contribution in [0, 0.1) is 0 Å². The Hall–Kier alpha value is -2.16. The largest absolute Gasteiger partial charge is 0.466 e. The lowest BCUT2D eigenvalue weighted by atomic mass is 10.3. The van der Waals surface area contributed by atoms with Gasteiger partial charge in [0.25, 0.3) is 0 Å². The number of esters is 1. The molecule has 0 aliphatic rings. The molecule has 0 N–H and O–H groups in total. The number of nitrogens with zero attached hydrogens (tertiary/aromatic N) is 2. The molecule has 122 valence electrons. The van der Waals surface area contributed by atoms with Gasteiger partial charge in [-0.3, -0.25) is 4.79 Å². The van der Waals surface area contributed by atoms with E-state index in [1.807, 2.05) is 0 Å². The molecule has 1 aromatic rings. The van der Waals surface area contributed by atoms with Crippen molar-refractivity contribution in [2.75, 3.05) is 19.8 Å². The number of thiazole rings is 1. The van der Waals surface area contributed by atoms with E-state index < -0.39 is 18.2 Å². The highest BCUT2D eigenvalue weighted by molar-refractivity contribution is 7.07. The maximum absolute atomic E-state index is 12.0. The van der Waals surface area contributed by atoms with Gasteiger partial charge in [-0.05, 0) is 20.8 Å². The number of carbonyl (C=O) groups excluding carboxylic acids is 3. The Balaban J connectivity index is 3.17. The molecule has 0 aromatic carbocycles. The molecule has 0 saturated heterocycles. The number of hydrogen-bond acceptors (Lipinski definition) is 7. The molecule has 0 fully saturated rings. The van der Waals surface area contributed by atoms with E-state index in [4.69, 9.17) is 14.2 Å². The zero-order chi connectivity index (χ0) is 16.5. The Morgan fingerprint density at radius 1 is 1.09 bits per heavy atom. The van der Waals surface area contributed by atoms with E-state index in [1.165, 1.54) is 0 Å². The molecular weight excluding hydrogens is 312 g/mol. The fourth-order valence-electron chi connectivity index (χ4n) is 1.52. The number of amides is 1. The van der Waals surface area contributed by atoms with Crippen LogP contribution in [0.5, 0.6) is 0 Å². The Labute approximate surface area is 131 Å². The lowest BCUT2D eigenvalue weighted by molar-refractivity contribution is -0.142. The second kappa shape index (κ2) is 8.98. The van der Waals surface area contributed by atoms with Crippen LogP contribution in [0.25, 0.3) is 0 Å². The second-order valence-corrected chi connectivity index (χ2v) is 4.67. The SMILES string of the molecule is CCOC(=O)Cc1csc(=NC(=O)OCC)n1C(=O)OCC. The van der Waals surface area contributed by atoms with Crippen LogP contribution in [-0.2, 0) is 25.4 Å². The molecule has 8 nitrogen and oxygen atoms in total. The van der Waals surface area contributed by atoms with Crippen LogP contribution in [0.15, 0.2) is 10.4 Å². The van der Waals surface area contributed by atoms with E-state index in [1.54, 1.807) is 26.2 Å². The average Bonchev–Trinajstić information content (AvgIpc) is 2.82. The van der Waals surface area contributed by atoms with Gasteiger partial charge in [-0.15, -0.1) is 16.3 Å². The van der Waals surface area contributed by atoms with Crippen molar-refractivity contribution < 1.29 is 28.6 Å². The zero-order valence-electron chi connectivity index (χ0n) is 12.7. The molecule has 0 atom stereocenters. The van der Waals surface area contributed by atoms with Gasteiger partial charge in [0.05, 0.1) is 31.9 Å².